The van der Waals surface area contributed by atoms with Crippen LogP contribution in [-0.4, -0.2) is 63.2 Å². The number of aromatic carboxylic acids is 1. The van der Waals surface area contributed by atoms with Gasteiger partial charge in [-0.25, -0.2) is 4.79 Å². The molecule has 2 aromatic rings. The second-order valence-corrected chi connectivity index (χ2v) is 6.32. The summed E-state index contributed by atoms with van der Waals surface area (Å²) in [5.41, 5.74) is 1.41. The van der Waals surface area contributed by atoms with E-state index in [-0.39, 0.29) is 11.6 Å². The van der Waals surface area contributed by atoms with Gasteiger partial charge in [-0.1, -0.05) is 0 Å². The molecule has 0 unspecified atom stereocenters. The first-order valence-electron chi connectivity index (χ1n) is 8.30. The topological polar surface area (TPSA) is 103 Å². The van der Waals surface area contributed by atoms with Crippen molar-refractivity contribution in [3.05, 3.63) is 40.6 Å². The normalized spacial score (nSPS) is 16.0. The molecule has 8 heteroatoms. The number of carboxylic acids is 1. The Kier molecular flexibility index (Phi) is 4.89. The van der Waals surface area contributed by atoms with Crippen LogP contribution >= 0.6 is 0 Å². The zero-order valence-corrected chi connectivity index (χ0v) is 14.4. The van der Waals surface area contributed by atoms with E-state index in [2.05, 4.69) is 15.1 Å². The number of hydrogen-bond donors (Lipinski definition) is 2. The van der Waals surface area contributed by atoms with E-state index in [0.717, 1.165) is 18.7 Å². The first-order chi connectivity index (χ1) is 12.0. The summed E-state index contributed by atoms with van der Waals surface area (Å²) in [6.07, 6.45) is 2.39. The van der Waals surface area contributed by atoms with Gasteiger partial charge in [0.05, 0.1) is 11.8 Å². The minimum Gasteiger partial charge on any atom is -0.477 e. The SMILES string of the molecule is Cc1cc(C(=O)N2CCCN(Cc3cn[nH]c3C(=O)O)CC2)c(C)o1. The van der Waals surface area contributed by atoms with Crippen LogP contribution in [0.5, 0.6) is 0 Å². The molecule has 0 radical (unpaired) electrons. The summed E-state index contributed by atoms with van der Waals surface area (Å²) in [4.78, 5) is 27.9. The molecule has 1 aliphatic rings. The number of aryl methyl sites for hydroxylation is 2. The van der Waals surface area contributed by atoms with Gasteiger partial charge in [0.15, 0.2) is 0 Å². The maximum absolute atomic E-state index is 12.7. The predicted octanol–water partition coefficient (Wildman–Crippen LogP) is 1.67. The van der Waals surface area contributed by atoms with Crippen LogP contribution in [0.4, 0.5) is 0 Å². The monoisotopic (exact) mass is 346 g/mol. The van der Waals surface area contributed by atoms with Crippen LogP contribution in [0.1, 0.15) is 44.4 Å². The molecule has 0 atom stereocenters. The van der Waals surface area contributed by atoms with Crippen molar-refractivity contribution in [3.8, 4) is 0 Å². The summed E-state index contributed by atoms with van der Waals surface area (Å²) in [6.45, 7) is 6.90. The summed E-state index contributed by atoms with van der Waals surface area (Å²) < 4.78 is 5.46. The Balaban J connectivity index is 1.64. The molecule has 25 heavy (non-hydrogen) atoms. The molecule has 0 bridgehead atoms. The fourth-order valence-electron chi connectivity index (χ4n) is 3.20. The van der Waals surface area contributed by atoms with Gasteiger partial charge in [-0.3, -0.25) is 14.8 Å². The van der Waals surface area contributed by atoms with Crippen molar-refractivity contribution < 1.29 is 19.1 Å². The van der Waals surface area contributed by atoms with Crippen molar-refractivity contribution in [3.63, 3.8) is 0 Å². The second kappa shape index (κ2) is 7.10. The maximum atomic E-state index is 12.7. The van der Waals surface area contributed by atoms with Crippen molar-refractivity contribution in [2.45, 2.75) is 26.8 Å². The zero-order chi connectivity index (χ0) is 18.0. The minimum absolute atomic E-state index is 0.00858. The van der Waals surface area contributed by atoms with Gasteiger partial charge in [-0.15, -0.1) is 0 Å². The highest BCUT2D eigenvalue weighted by molar-refractivity contribution is 5.95. The Hall–Kier alpha value is -2.61. The Labute approximate surface area is 145 Å². The lowest BCUT2D eigenvalue weighted by Gasteiger charge is -2.21. The van der Waals surface area contributed by atoms with Crippen molar-refractivity contribution in [1.82, 2.24) is 20.0 Å². The Morgan fingerprint density at radius 3 is 2.76 bits per heavy atom. The second-order valence-electron chi connectivity index (χ2n) is 6.32. The van der Waals surface area contributed by atoms with Crippen LogP contribution in [0.3, 0.4) is 0 Å². The smallest absolute Gasteiger partial charge is 0.354 e. The van der Waals surface area contributed by atoms with Gasteiger partial charge in [-0.2, -0.15) is 5.10 Å². The summed E-state index contributed by atoms with van der Waals surface area (Å²) >= 11 is 0. The minimum atomic E-state index is -1.01. The number of H-pyrrole nitrogens is 1. The number of furan rings is 1. The van der Waals surface area contributed by atoms with Crippen LogP contribution in [-0.2, 0) is 6.54 Å². The first kappa shape index (κ1) is 17.2. The molecule has 0 aliphatic carbocycles. The van der Waals surface area contributed by atoms with Crippen molar-refractivity contribution in [2.24, 2.45) is 0 Å². The van der Waals surface area contributed by atoms with Gasteiger partial charge >= 0.3 is 5.97 Å². The molecular weight excluding hydrogens is 324 g/mol. The molecule has 3 heterocycles. The highest BCUT2D eigenvalue weighted by Crippen LogP contribution is 2.18. The van der Waals surface area contributed by atoms with Crippen molar-refractivity contribution >= 4 is 11.9 Å². The number of carboxylic acid groups (broad SMARTS) is 1. The quantitative estimate of drug-likeness (QED) is 0.873. The number of nitrogens with zero attached hydrogens (tertiary/aromatic N) is 3. The summed E-state index contributed by atoms with van der Waals surface area (Å²) in [5.74, 6) is 0.363. The number of aromatic nitrogens is 2. The lowest BCUT2D eigenvalue weighted by atomic mass is 10.2. The number of rotatable bonds is 4. The molecule has 0 spiro atoms. The van der Waals surface area contributed by atoms with E-state index in [1.165, 1.54) is 0 Å². The third-order valence-electron chi connectivity index (χ3n) is 4.47. The molecule has 2 N–H and O–H groups in total. The number of hydrogen-bond acceptors (Lipinski definition) is 5. The molecule has 3 rings (SSSR count). The first-order valence-corrected chi connectivity index (χ1v) is 8.30. The highest BCUT2D eigenvalue weighted by Gasteiger charge is 2.24. The van der Waals surface area contributed by atoms with Crippen LogP contribution in [0.25, 0.3) is 0 Å². The van der Waals surface area contributed by atoms with Crippen LogP contribution in [0.15, 0.2) is 16.7 Å². The maximum Gasteiger partial charge on any atom is 0.354 e. The number of carbonyl (C=O) groups is 2. The molecule has 1 aliphatic heterocycles. The molecular formula is C17H22N4O4. The zero-order valence-electron chi connectivity index (χ0n) is 14.4. The molecule has 1 saturated heterocycles. The number of amides is 1. The molecule has 1 amide bonds. The Morgan fingerprint density at radius 2 is 2.08 bits per heavy atom. The van der Waals surface area contributed by atoms with E-state index in [0.29, 0.717) is 43.1 Å². The molecule has 134 valence electrons. The van der Waals surface area contributed by atoms with E-state index in [1.807, 2.05) is 11.8 Å². The third kappa shape index (κ3) is 3.74. The van der Waals surface area contributed by atoms with Gasteiger partial charge in [0, 0.05) is 38.3 Å². The van der Waals surface area contributed by atoms with Gasteiger partial charge in [0.2, 0.25) is 0 Å². The lowest BCUT2D eigenvalue weighted by Crippen LogP contribution is -2.35. The number of aromatic amines is 1. The van der Waals surface area contributed by atoms with E-state index >= 15 is 0 Å². The molecule has 2 aromatic heterocycles. The Bertz CT molecular complexity index is 779. The summed E-state index contributed by atoms with van der Waals surface area (Å²) in [5, 5.41) is 15.5. The van der Waals surface area contributed by atoms with Crippen LogP contribution in [0.2, 0.25) is 0 Å². The molecule has 0 aromatic carbocycles. The summed E-state index contributed by atoms with van der Waals surface area (Å²) in [7, 11) is 0. The van der Waals surface area contributed by atoms with Gasteiger partial charge in [-0.05, 0) is 26.3 Å². The summed E-state index contributed by atoms with van der Waals surface area (Å²) in [6, 6.07) is 1.78. The average Bonchev–Trinajstić information content (AvgIpc) is 3.07. The van der Waals surface area contributed by atoms with E-state index in [9.17, 15) is 9.59 Å². The predicted molar refractivity (Wildman–Crippen MR) is 89.5 cm³/mol. The van der Waals surface area contributed by atoms with E-state index in [1.54, 1.807) is 19.2 Å². The molecule has 0 saturated carbocycles. The van der Waals surface area contributed by atoms with E-state index in [4.69, 9.17) is 9.52 Å². The van der Waals surface area contributed by atoms with Crippen LogP contribution < -0.4 is 0 Å². The third-order valence-corrected chi connectivity index (χ3v) is 4.47. The lowest BCUT2D eigenvalue weighted by molar-refractivity contribution is 0.0687. The van der Waals surface area contributed by atoms with E-state index < -0.39 is 5.97 Å². The standard InChI is InChI=1S/C17H22N4O4/c1-11-8-14(12(2)25-11)16(22)21-5-3-4-20(6-7-21)10-13-9-18-19-15(13)17(23)24/h8-9H,3-7,10H2,1-2H3,(H,18,19)(H,23,24). The van der Waals surface area contributed by atoms with Gasteiger partial charge < -0.3 is 14.4 Å². The fourth-order valence-corrected chi connectivity index (χ4v) is 3.20. The molecule has 8 nitrogen and oxygen atoms in total. The van der Waals surface area contributed by atoms with Crippen molar-refractivity contribution in [2.75, 3.05) is 26.2 Å². The van der Waals surface area contributed by atoms with Crippen LogP contribution in [0, 0.1) is 13.8 Å². The number of nitrogens with one attached hydrogen (secondary N) is 1. The highest BCUT2D eigenvalue weighted by atomic mass is 16.4. The molecule has 1 fully saturated rings. The fraction of sp³-hybridized carbons (Fsp3) is 0.471. The Morgan fingerprint density at radius 1 is 1.28 bits per heavy atom. The number of carbonyl (C=O) groups excluding carboxylic acids is 1. The van der Waals surface area contributed by atoms with Gasteiger partial charge in [0.1, 0.15) is 17.2 Å². The average molecular weight is 346 g/mol. The van der Waals surface area contributed by atoms with Gasteiger partial charge in [0.25, 0.3) is 5.91 Å². The van der Waals surface area contributed by atoms with Crippen molar-refractivity contribution in [1.29, 1.82) is 0 Å². The largest absolute Gasteiger partial charge is 0.477 e.